The smallest absolute Gasteiger partial charge is 0.220 e. The SMILES string of the molecule is CCCCCCCCCCCCCCCCCCCCCCC/C=C/C(O)C(COC1OC(CO)C(OC2OC(CO)C(O)C(O)C2O)C(O)C1O)NC(=O)CCCCCCCCCCCCCCCCCCCCCCCCCCCCCCCCCC. The molecule has 12 atom stereocenters. The van der Waals surface area contributed by atoms with Gasteiger partial charge in [-0.1, -0.05) is 353 Å². The molecule has 14 heteroatoms. The summed E-state index contributed by atoms with van der Waals surface area (Å²) >= 11 is 0. The van der Waals surface area contributed by atoms with E-state index in [1.807, 2.05) is 6.08 Å². The molecule has 2 fully saturated rings. The Morgan fingerprint density at radius 1 is 0.393 bits per heavy atom. The second kappa shape index (κ2) is 60.4. The Balaban J connectivity index is 1.62. The van der Waals surface area contributed by atoms with Gasteiger partial charge in [-0.3, -0.25) is 4.79 Å². The van der Waals surface area contributed by atoms with Gasteiger partial charge in [-0.15, -0.1) is 0 Å². The third kappa shape index (κ3) is 44.2. The molecule has 0 aromatic carbocycles. The highest BCUT2D eigenvalue weighted by molar-refractivity contribution is 5.76. The molecule has 0 radical (unpaired) electrons. The first-order chi connectivity index (χ1) is 43.6. The van der Waals surface area contributed by atoms with E-state index in [1.165, 1.54) is 302 Å². The van der Waals surface area contributed by atoms with Gasteiger partial charge in [-0.05, 0) is 19.3 Å². The van der Waals surface area contributed by atoms with Gasteiger partial charge in [0.1, 0.15) is 48.8 Å². The van der Waals surface area contributed by atoms with Crippen LogP contribution in [0.25, 0.3) is 0 Å². The quantitative estimate of drug-likeness (QED) is 0.0204. The maximum atomic E-state index is 13.4. The highest BCUT2D eigenvalue weighted by Crippen LogP contribution is 2.30. The standard InChI is InChI=1S/C75H145NO13/c1-3-5-7-9-11-13-15-17-19-21-23-25-27-28-29-30-31-32-33-34-35-37-39-41-43-45-47-49-51-53-55-57-59-67(80)76-63(62-86-74-72(85)70(83)73(66(61-78)88-74)89-75-71(84)69(82)68(81)65(60-77)87-75)64(79)58-56-54-52-50-48-46-44-42-40-38-36-26-24-22-20-18-16-14-12-10-8-6-4-2/h56,58,63-66,68-75,77-79,81-85H,3-55,57,59-62H2,1-2H3,(H,76,80)/b58-56+. The van der Waals surface area contributed by atoms with Crippen LogP contribution >= 0.6 is 0 Å². The molecular formula is C75H145NO13. The number of carbonyl (C=O) groups is 1. The second-order valence-electron chi connectivity index (χ2n) is 27.5. The molecule has 2 heterocycles. The van der Waals surface area contributed by atoms with Crippen LogP contribution in [0.5, 0.6) is 0 Å². The Bertz CT molecular complexity index is 1540. The summed E-state index contributed by atoms with van der Waals surface area (Å²) in [5.74, 6) is -0.229. The number of hydrogen-bond acceptors (Lipinski definition) is 13. The molecule has 0 aromatic heterocycles. The van der Waals surface area contributed by atoms with E-state index in [0.717, 1.165) is 44.9 Å². The Hall–Kier alpha value is -1.27. The largest absolute Gasteiger partial charge is 0.394 e. The normalized spacial score (nSPS) is 23.0. The van der Waals surface area contributed by atoms with Gasteiger partial charge >= 0.3 is 0 Å². The predicted octanol–water partition coefficient (Wildman–Crippen LogP) is 16.5. The fourth-order valence-corrected chi connectivity index (χ4v) is 13.1. The molecule has 0 spiro atoms. The van der Waals surface area contributed by atoms with Crippen molar-refractivity contribution in [2.75, 3.05) is 19.8 Å². The summed E-state index contributed by atoms with van der Waals surface area (Å²) in [5.41, 5.74) is 0. The Kier molecular flexibility index (Phi) is 56.9. The number of amides is 1. The first-order valence-electron chi connectivity index (χ1n) is 38.4. The lowest BCUT2D eigenvalue weighted by Gasteiger charge is -2.46. The van der Waals surface area contributed by atoms with Gasteiger partial charge in [0.05, 0.1) is 32.0 Å². The van der Waals surface area contributed by atoms with Crippen LogP contribution in [0.1, 0.15) is 367 Å². The molecule has 0 aliphatic carbocycles. The molecule has 14 nitrogen and oxygen atoms in total. The van der Waals surface area contributed by atoms with Crippen LogP contribution in [-0.4, -0.2) is 140 Å². The van der Waals surface area contributed by atoms with Crippen molar-refractivity contribution in [1.29, 1.82) is 0 Å². The monoisotopic (exact) mass is 1270 g/mol. The van der Waals surface area contributed by atoms with E-state index in [4.69, 9.17) is 18.9 Å². The highest BCUT2D eigenvalue weighted by atomic mass is 16.7. The number of unbranched alkanes of at least 4 members (excludes halogenated alkanes) is 52. The molecule has 528 valence electrons. The minimum atomic E-state index is -1.79. The van der Waals surface area contributed by atoms with Gasteiger partial charge < -0.3 is 65.1 Å². The second-order valence-corrected chi connectivity index (χ2v) is 27.5. The molecule has 1 amide bonds. The number of allylic oxidation sites excluding steroid dienone is 1. The summed E-state index contributed by atoms with van der Waals surface area (Å²) in [4.78, 5) is 13.4. The third-order valence-corrected chi connectivity index (χ3v) is 19.2. The average Bonchev–Trinajstić information content (AvgIpc) is 3.61. The third-order valence-electron chi connectivity index (χ3n) is 19.2. The number of aliphatic hydroxyl groups is 8. The van der Waals surface area contributed by atoms with E-state index >= 15 is 0 Å². The summed E-state index contributed by atoms with van der Waals surface area (Å²) < 4.78 is 22.9. The van der Waals surface area contributed by atoms with Gasteiger partial charge in [-0.25, -0.2) is 0 Å². The molecule has 0 aromatic rings. The maximum Gasteiger partial charge on any atom is 0.220 e. The minimum Gasteiger partial charge on any atom is -0.394 e. The van der Waals surface area contributed by atoms with Crippen molar-refractivity contribution in [1.82, 2.24) is 5.32 Å². The van der Waals surface area contributed by atoms with Crippen molar-refractivity contribution in [3.05, 3.63) is 12.2 Å². The lowest BCUT2D eigenvalue weighted by atomic mass is 9.97. The van der Waals surface area contributed by atoms with Crippen molar-refractivity contribution in [3.63, 3.8) is 0 Å². The number of hydrogen-bond donors (Lipinski definition) is 9. The van der Waals surface area contributed by atoms with Gasteiger partial charge in [0.25, 0.3) is 0 Å². The first kappa shape index (κ1) is 83.8. The molecule has 89 heavy (non-hydrogen) atoms. The van der Waals surface area contributed by atoms with Crippen LogP contribution in [-0.2, 0) is 23.7 Å². The zero-order valence-corrected chi connectivity index (χ0v) is 57.7. The van der Waals surface area contributed by atoms with Crippen LogP contribution in [0.15, 0.2) is 12.2 Å². The molecule has 0 bridgehead atoms. The molecule has 9 N–H and O–H groups in total. The molecule has 0 saturated carbocycles. The van der Waals surface area contributed by atoms with E-state index < -0.39 is 86.8 Å². The molecule has 12 unspecified atom stereocenters. The Morgan fingerprint density at radius 3 is 1.03 bits per heavy atom. The van der Waals surface area contributed by atoms with Crippen LogP contribution in [0, 0.1) is 0 Å². The number of nitrogens with one attached hydrogen (secondary N) is 1. The maximum absolute atomic E-state index is 13.4. The fraction of sp³-hybridized carbons (Fsp3) is 0.960. The number of carbonyl (C=O) groups excluding carboxylic acids is 1. The van der Waals surface area contributed by atoms with Gasteiger partial charge in [0.15, 0.2) is 12.6 Å². The summed E-state index contributed by atoms with van der Waals surface area (Å²) in [7, 11) is 0. The Labute approximate surface area is 546 Å². The lowest BCUT2D eigenvalue weighted by molar-refractivity contribution is -0.359. The first-order valence-corrected chi connectivity index (χ1v) is 38.4. The molecule has 2 rings (SSSR count). The lowest BCUT2D eigenvalue weighted by Crippen LogP contribution is -2.65. The molecule has 2 aliphatic heterocycles. The van der Waals surface area contributed by atoms with Crippen LogP contribution in [0.2, 0.25) is 0 Å². The van der Waals surface area contributed by atoms with Crippen molar-refractivity contribution in [3.8, 4) is 0 Å². The molecule has 2 saturated heterocycles. The number of aliphatic hydroxyl groups excluding tert-OH is 8. The van der Waals surface area contributed by atoms with Gasteiger partial charge in [0, 0.05) is 6.42 Å². The van der Waals surface area contributed by atoms with E-state index in [2.05, 4.69) is 19.2 Å². The van der Waals surface area contributed by atoms with E-state index in [1.54, 1.807) is 6.08 Å². The van der Waals surface area contributed by atoms with Crippen molar-refractivity contribution in [2.45, 2.75) is 441 Å². The average molecular weight is 1270 g/mol. The van der Waals surface area contributed by atoms with Crippen LogP contribution < -0.4 is 5.32 Å². The summed E-state index contributed by atoms with van der Waals surface area (Å²) in [6, 6.07) is -0.912. The van der Waals surface area contributed by atoms with Crippen molar-refractivity contribution < 1.29 is 64.6 Å². The highest BCUT2D eigenvalue weighted by Gasteiger charge is 2.51. The van der Waals surface area contributed by atoms with Crippen LogP contribution in [0.3, 0.4) is 0 Å². The zero-order chi connectivity index (χ0) is 64.5. The van der Waals surface area contributed by atoms with E-state index in [9.17, 15) is 45.6 Å². The predicted molar refractivity (Wildman–Crippen MR) is 365 cm³/mol. The Morgan fingerprint density at radius 2 is 0.697 bits per heavy atom. The molecular weight excluding hydrogens is 1120 g/mol. The van der Waals surface area contributed by atoms with Crippen molar-refractivity contribution >= 4 is 5.91 Å². The summed E-state index contributed by atoms with van der Waals surface area (Å²) in [5, 5.41) is 87.6. The topological polar surface area (TPSA) is 228 Å². The molecule has 2 aliphatic rings. The zero-order valence-electron chi connectivity index (χ0n) is 57.7. The van der Waals surface area contributed by atoms with E-state index in [0.29, 0.717) is 0 Å². The number of rotatable bonds is 65. The van der Waals surface area contributed by atoms with Gasteiger partial charge in [0.2, 0.25) is 5.91 Å². The fourth-order valence-electron chi connectivity index (χ4n) is 13.1. The van der Waals surface area contributed by atoms with Crippen LogP contribution in [0.4, 0.5) is 0 Å². The summed E-state index contributed by atoms with van der Waals surface area (Å²) in [6.07, 6.45) is 58.6. The minimum absolute atomic E-state index is 0.229. The van der Waals surface area contributed by atoms with E-state index in [-0.39, 0.29) is 18.9 Å². The van der Waals surface area contributed by atoms with Crippen molar-refractivity contribution in [2.24, 2.45) is 0 Å². The van der Waals surface area contributed by atoms with Gasteiger partial charge in [-0.2, -0.15) is 0 Å². The summed E-state index contributed by atoms with van der Waals surface area (Å²) in [6.45, 7) is 2.87. The number of ether oxygens (including phenoxy) is 4.